The van der Waals surface area contributed by atoms with Crippen LogP contribution in [0.3, 0.4) is 0 Å². The van der Waals surface area contributed by atoms with Crippen molar-refractivity contribution in [2.45, 2.75) is 6.10 Å². The Kier molecular flexibility index (Phi) is 3.19. The predicted octanol–water partition coefficient (Wildman–Crippen LogP) is 0.947. The maximum absolute atomic E-state index is 13.1. The zero-order valence-corrected chi connectivity index (χ0v) is 8.07. The smallest absolute Gasteiger partial charge is 0.255 e. The number of likely N-dealkylation sites (N-methyl/N-ethyl adjacent to an activating group) is 1. The summed E-state index contributed by atoms with van der Waals surface area (Å²) in [5.74, 6) is -1.11. The Labute approximate surface area is 81.8 Å². The Hall–Kier alpha value is -1.42. The zero-order valence-electron chi connectivity index (χ0n) is 8.07. The van der Waals surface area contributed by atoms with Crippen molar-refractivity contribution in [2.24, 2.45) is 0 Å². The van der Waals surface area contributed by atoms with Crippen LogP contribution >= 0.6 is 0 Å². The molecule has 0 aliphatic heterocycles. The van der Waals surface area contributed by atoms with Gasteiger partial charge in [0.15, 0.2) is 6.10 Å². The first-order chi connectivity index (χ1) is 6.54. The number of hydrogen-bond acceptors (Lipinski definition) is 2. The molecule has 0 fully saturated rings. The number of benzene rings is 1. The standard InChI is InChI=1S/C10H12FNO2/c1-12(2)10(14)9(13)7-5-3-4-6-8(7)11/h3-6,9,13H,1-2H3. The SMILES string of the molecule is CN(C)C(=O)C(O)c1ccccc1F. The fraction of sp³-hybridized carbons (Fsp3) is 0.300. The number of amides is 1. The summed E-state index contributed by atoms with van der Waals surface area (Å²) < 4.78 is 13.1. The third-order valence-electron chi connectivity index (χ3n) is 1.87. The molecule has 1 rings (SSSR count). The Morgan fingerprint density at radius 3 is 2.50 bits per heavy atom. The lowest BCUT2D eigenvalue weighted by atomic mass is 10.1. The number of carbonyl (C=O) groups is 1. The summed E-state index contributed by atoms with van der Waals surface area (Å²) in [6.45, 7) is 0. The second kappa shape index (κ2) is 4.19. The summed E-state index contributed by atoms with van der Waals surface area (Å²) in [5, 5.41) is 9.51. The van der Waals surface area contributed by atoms with E-state index < -0.39 is 17.8 Å². The molecule has 0 spiro atoms. The van der Waals surface area contributed by atoms with Gasteiger partial charge in [0.2, 0.25) is 0 Å². The number of nitrogens with zero attached hydrogens (tertiary/aromatic N) is 1. The van der Waals surface area contributed by atoms with Gasteiger partial charge in [-0.05, 0) is 6.07 Å². The molecule has 0 aliphatic carbocycles. The summed E-state index contributed by atoms with van der Waals surface area (Å²) in [4.78, 5) is 12.5. The van der Waals surface area contributed by atoms with E-state index in [4.69, 9.17) is 0 Å². The van der Waals surface area contributed by atoms with E-state index in [0.717, 1.165) is 0 Å². The van der Waals surface area contributed by atoms with Gasteiger partial charge in [-0.1, -0.05) is 18.2 Å². The van der Waals surface area contributed by atoms with Crippen LogP contribution in [0.25, 0.3) is 0 Å². The highest BCUT2D eigenvalue weighted by Crippen LogP contribution is 2.17. The monoisotopic (exact) mass is 197 g/mol. The first kappa shape index (κ1) is 10.7. The predicted molar refractivity (Wildman–Crippen MR) is 50.1 cm³/mol. The molecule has 0 bridgehead atoms. The van der Waals surface area contributed by atoms with Crippen LogP contribution in [0.1, 0.15) is 11.7 Å². The van der Waals surface area contributed by atoms with E-state index in [1.807, 2.05) is 0 Å². The van der Waals surface area contributed by atoms with E-state index >= 15 is 0 Å². The molecule has 1 aromatic carbocycles. The van der Waals surface area contributed by atoms with Crippen molar-refractivity contribution in [3.8, 4) is 0 Å². The highest BCUT2D eigenvalue weighted by Gasteiger charge is 2.21. The fourth-order valence-corrected chi connectivity index (χ4v) is 1.07. The molecule has 0 aliphatic rings. The normalized spacial score (nSPS) is 12.3. The van der Waals surface area contributed by atoms with Crippen LogP contribution in [0.15, 0.2) is 24.3 Å². The second-order valence-electron chi connectivity index (χ2n) is 3.16. The second-order valence-corrected chi connectivity index (χ2v) is 3.16. The molecule has 1 unspecified atom stereocenters. The van der Waals surface area contributed by atoms with Crippen LogP contribution in [-0.2, 0) is 4.79 Å². The van der Waals surface area contributed by atoms with E-state index in [1.54, 1.807) is 6.07 Å². The highest BCUT2D eigenvalue weighted by atomic mass is 19.1. The van der Waals surface area contributed by atoms with Crippen LogP contribution in [0.5, 0.6) is 0 Å². The van der Waals surface area contributed by atoms with E-state index in [2.05, 4.69) is 0 Å². The number of aliphatic hydroxyl groups is 1. The maximum atomic E-state index is 13.1. The average Bonchev–Trinajstić information content (AvgIpc) is 2.16. The van der Waals surface area contributed by atoms with Crippen LogP contribution in [0.2, 0.25) is 0 Å². The summed E-state index contributed by atoms with van der Waals surface area (Å²) in [5.41, 5.74) is 0.00574. The third-order valence-corrected chi connectivity index (χ3v) is 1.87. The van der Waals surface area contributed by atoms with E-state index in [0.29, 0.717) is 0 Å². The molecular weight excluding hydrogens is 185 g/mol. The topological polar surface area (TPSA) is 40.5 Å². The molecule has 1 aromatic rings. The molecule has 76 valence electrons. The molecule has 0 saturated heterocycles. The molecule has 0 saturated carbocycles. The molecule has 0 heterocycles. The van der Waals surface area contributed by atoms with Crippen molar-refractivity contribution in [3.63, 3.8) is 0 Å². The van der Waals surface area contributed by atoms with Crippen LogP contribution in [0, 0.1) is 5.82 Å². The molecule has 1 N–H and O–H groups in total. The molecule has 14 heavy (non-hydrogen) atoms. The van der Waals surface area contributed by atoms with Crippen LogP contribution < -0.4 is 0 Å². The molecular formula is C10H12FNO2. The van der Waals surface area contributed by atoms with Crippen molar-refractivity contribution < 1.29 is 14.3 Å². The van der Waals surface area contributed by atoms with Gasteiger partial charge in [-0.25, -0.2) is 4.39 Å². The summed E-state index contributed by atoms with van der Waals surface area (Å²) in [6.07, 6.45) is -1.42. The van der Waals surface area contributed by atoms with Gasteiger partial charge < -0.3 is 10.0 Å². The number of aliphatic hydroxyl groups excluding tert-OH is 1. The fourth-order valence-electron chi connectivity index (χ4n) is 1.07. The molecule has 0 radical (unpaired) electrons. The summed E-state index contributed by atoms with van der Waals surface area (Å²) >= 11 is 0. The van der Waals surface area contributed by atoms with Gasteiger partial charge >= 0.3 is 0 Å². The van der Waals surface area contributed by atoms with E-state index in [1.165, 1.54) is 37.2 Å². The van der Waals surface area contributed by atoms with Crippen molar-refractivity contribution in [2.75, 3.05) is 14.1 Å². The van der Waals surface area contributed by atoms with Gasteiger partial charge in [0.25, 0.3) is 5.91 Å². The Morgan fingerprint density at radius 2 is 2.00 bits per heavy atom. The lowest BCUT2D eigenvalue weighted by Gasteiger charge is -2.16. The highest BCUT2D eigenvalue weighted by molar-refractivity contribution is 5.81. The van der Waals surface area contributed by atoms with E-state index in [-0.39, 0.29) is 5.56 Å². The van der Waals surface area contributed by atoms with Gasteiger partial charge in [0.05, 0.1) is 0 Å². The Morgan fingerprint density at radius 1 is 1.43 bits per heavy atom. The van der Waals surface area contributed by atoms with Gasteiger partial charge in [-0.3, -0.25) is 4.79 Å². The summed E-state index contributed by atoms with van der Waals surface area (Å²) in [7, 11) is 3.01. The minimum Gasteiger partial charge on any atom is -0.378 e. The van der Waals surface area contributed by atoms with Gasteiger partial charge in [-0.15, -0.1) is 0 Å². The molecule has 4 heteroatoms. The zero-order chi connectivity index (χ0) is 10.7. The number of hydrogen-bond donors (Lipinski definition) is 1. The van der Waals surface area contributed by atoms with E-state index in [9.17, 15) is 14.3 Å². The van der Waals surface area contributed by atoms with Crippen molar-refractivity contribution >= 4 is 5.91 Å². The molecule has 1 amide bonds. The van der Waals surface area contributed by atoms with Crippen LogP contribution in [-0.4, -0.2) is 30.0 Å². The van der Waals surface area contributed by atoms with Gasteiger partial charge in [0.1, 0.15) is 5.82 Å². The molecule has 3 nitrogen and oxygen atoms in total. The van der Waals surface area contributed by atoms with Crippen molar-refractivity contribution in [3.05, 3.63) is 35.6 Å². The number of rotatable bonds is 2. The minimum atomic E-state index is -1.42. The quantitative estimate of drug-likeness (QED) is 0.766. The first-order valence-corrected chi connectivity index (χ1v) is 4.17. The minimum absolute atomic E-state index is 0.00574. The number of halogens is 1. The van der Waals surface area contributed by atoms with Crippen LogP contribution in [0.4, 0.5) is 4.39 Å². The van der Waals surface area contributed by atoms with Gasteiger partial charge in [0, 0.05) is 19.7 Å². The lowest BCUT2D eigenvalue weighted by molar-refractivity contribution is -0.138. The maximum Gasteiger partial charge on any atom is 0.255 e. The lowest BCUT2D eigenvalue weighted by Crippen LogP contribution is -2.28. The first-order valence-electron chi connectivity index (χ1n) is 4.17. The summed E-state index contributed by atoms with van der Waals surface area (Å²) in [6, 6.07) is 5.68. The number of carbonyl (C=O) groups excluding carboxylic acids is 1. The molecule has 0 aromatic heterocycles. The largest absolute Gasteiger partial charge is 0.378 e. The average molecular weight is 197 g/mol. The van der Waals surface area contributed by atoms with Crippen molar-refractivity contribution in [1.29, 1.82) is 0 Å². The third kappa shape index (κ3) is 2.09. The van der Waals surface area contributed by atoms with Gasteiger partial charge in [-0.2, -0.15) is 0 Å². The Balaban J connectivity index is 2.95. The van der Waals surface area contributed by atoms with Crippen molar-refractivity contribution in [1.82, 2.24) is 4.90 Å². The molecule has 1 atom stereocenters. The Bertz CT molecular complexity index is 339.